The molecule has 0 radical (unpaired) electrons. The molecule has 1 heterocycles. The van der Waals surface area contributed by atoms with Gasteiger partial charge in [0, 0.05) is 23.3 Å². The number of rotatable bonds is 8. The van der Waals surface area contributed by atoms with E-state index in [1.165, 1.54) is 36.5 Å². The molecule has 0 fully saturated rings. The van der Waals surface area contributed by atoms with Crippen LogP contribution >= 0.6 is 11.6 Å². The molecule has 0 atom stereocenters. The molecule has 8 nitrogen and oxygen atoms in total. The van der Waals surface area contributed by atoms with Crippen molar-refractivity contribution in [1.29, 1.82) is 0 Å². The fraction of sp³-hybridized carbons (Fsp3) is 0.130. The molecular weight excluding hydrogens is 449 g/mol. The average Bonchev–Trinajstić information content (AvgIpc) is 2.81. The van der Waals surface area contributed by atoms with Crippen LogP contribution in [0.25, 0.3) is 4.85 Å². The quantitative estimate of drug-likeness (QED) is 0.310. The molecule has 0 saturated carbocycles. The maximum atomic E-state index is 12.9. The summed E-state index contributed by atoms with van der Waals surface area (Å²) in [5.41, 5.74) is 1.08. The zero-order valence-electron chi connectivity index (χ0n) is 17.3. The van der Waals surface area contributed by atoms with Gasteiger partial charge >= 0.3 is 6.03 Å². The van der Waals surface area contributed by atoms with Gasteiger partial charge in [0.15, 0.2) is 0 Å². The number of pyridine rings is 1. The lowest BCUT2D eigenvalue weighted by Crippen LogP contribution is -2.25. The van der Waals surface area contributed by atoms with Gasteiger partial charge in [-0.15, -0.1) is 0 Å². The highest BCUT2D eigenvalue weighted by atomic mass is 35.5. The molecule has 0 bridgehead atoms. The number of amides is 3. The highest BCUT2D eigenvalue weighted by Gasteiger charge is 2.10. The Kier molecular flexibility index (Phi) is 8.16. The maximum Gasteiger partial charge on any atom is 0.324 e. The Morgan fingerprint density at radius 3 is 2.58 bits per heavy atom. The maximum absolute atomic E-state index is 12.9. The van der Waals surface area contributed by atoms with Crippen LogP contribution in [0.1, 0.15) is 16.8 Å². The normalized spacial score (nSPS) is 10.1. The van der Waals surface area contributed by atoms with Crippen molar-refractivity contribution in [2.45, 2.75) is 6.42 Å². The first-order chi connectivity index (χ1) is 15.9. The molecular formula is C23H19ClFN5O3. The lowest BCUT2D eigenvalue weighted by molar-refractivity contribution is 0.0951. The minimum atomic E-state index is -0.559. The number of ether oxygens (including phenoxy) is 1. The smallest absolute Gasteiger partial charge is 0.324 e. The van der Waals surface area contributed by atoms with Crippen LogP contribution in [0.3, 0.4) is 0 Å². The average molecular weight is 468 g/mol. The Bertz CT molecular complexity index is 1160. The van der Waals surface area contributed by atoms with E-state index in [4.69, 9.17) is 22.9 Å². The van der Waals surface area contributed by atoms with Crippen molar-refractivity contribution in [3.8, 4) is 5.75 Å². The highest BCUT2D eigenvalue weighted by Crippen LogP contribution is 2.28. The summed E-state index contributed by atoms with van der Waals surface area (Å²) in [6.07, 6.45) is 1.85. The monoisotopic (exact) mass is 467 g/mol. The molecule has 0 unspecified atom stereocenters. The lowest BCUT2D eigenvalue weighted by atomic mass is 10.2. The SMILES string of the molecule is [C-]#[N+]c1ccc(NC(=O)Nc2cc(Cl)ccc2OCCCNC(=O)c2ccc(F)cc2)nc1. The Balaban J connectivity index is 1.49. The van der Waals surface area contributed by atoms with Crippen LogP contribution in [0.15, 0.2) is 60.8 Å². The zero-order chi connectivity index (χ0) is 23.6. The van der Waals surface area contributed by atoms with Crippen molar-refractivity contribution in [1.82, 2.24) is 10.3 Å². The molecule has 3 N–H and O–H groups in total. The van der Waals surface area contributed by atoms with Gasteiger partial charge in [-0.25, -0.2) is 14.0 Å². The van der Waals surface area contributed by atoms with E-state index in [2.05, 4.69) is 25.8 Å². The molecule has 0 spiro atoms. The number of hydrogen-bond acceptors (Lipinski definition) is 4. The molecule has 0 aliphatic heterocycles. The lowest BCUT2D eigenvalue weighted by Gasteiger charge is -2.14. The molecule has 2 aromatic carbocycles. The van der Waals surface area contributed by atoms with Gasteiger partial charge in [0.25, 0.3) is 5.91 Å². The van der Waals surface area contributed by atoms with Crippen LogP contribution in [-0.4, -0.2) is 30.1 Å². The highest BCUT2D eigenvalue weighted by molar-refractivity contribution is 6.31. The van der Waals surface area contributed by atoms with E-state index in [1.807, 2.05) is 0 Å². The molecule has 33 heavy (non-hydrogen) atoms. The van der Waals surface area contributed by atoms with Crippen molar-refractivity contribution in [2.24, 2.45) is 0 Å². The molecule has 3 rings (SSSR count). The molecule has 10 heteroatoms. The van der Waals surface area contributed by atoms with Gasteiger partial charge in [0.1, 0.15) is 17.4 Å². The fourth-order valence-electron chi connectivity index (χ4n) is 2.68. The van der Waals surface area contributed by atoms with Crippen molar-refractivity contribution in [2.75, 3.05) is 23.8 Å². The van der Waals surface area contributed by atoms with Crippen LogP contribution in [0.5, 0.6) is 5.75 Å². The molecule has 1 aromatic heterocycles. The van der Waals surface area contributed by atoms with Gasteiger partial charge in [-0.2, -0.15) is 0 Å². The van der Waals surface area contributed by atoms with E-state index in [0.717, 1.165) is 0 Å². The number of carbonyl (C=O) groups is 2. The largest absolute Gasteiger partial charge is 0.491 e. The summed E-state index contributed by atoms with van der Waals surface area (Å²) < 4.78 is 18.7. The first kappa shape index (κ1) is 23.5. The van der Waals surface area contributed by atoms with E-state index in [1.54, 1.807) is 24.3 Å². The topological polar surface area (TPSA) is 96.7 Å². The second-order valence-electron chi connectivity index (χ2n) is 6.70. The third-order valence-corrected chi connectivity index (χ3v) is 4.51. The van der Waals surface area contributed by atoms with Crippen LogP contribution in [0.4, 0.5) is 26.4 Å². The Hall–Kier alpha value is -4.16. The molecule has 168 valence electrons. The molecule has 3 amide bonds. The summed E-state index contributed by atoms with van der Waals surface area (Å²) in [4.78, 5) is 31.6. The van der Waals surface area contributed by atoms with Gasteiger partial charge in [-0.3, -0.25) is 15.1 Å². The Morgan fingerprint density at radius 1 is 1.09 bits per heavy atom. The van der Waals surface area contributed by atoms with Crippen LogP contribution in [0, 0.1) is 12.4 Å². The van der Waals surface area contributed by atoms with Crippen molar-refractivity contribution < 1.29 is 18.7 Å². The fourth-order valence-corrected chi connectivity index (χ4v) is 2.85. The van der Waals surface area contributed by atoms with E-state index in [0.29, 0.717) is 40.7 Å². The minimum absolute atomic E-state index is 0.265. The second kappa shape index (κ2) is 11.5. The molecule has 0 saturated heterocycles. The van der Waals surface area contributed by atoms with Crippen molar-refractivity contribution in [3.63, 3.8) is 0 Å². The summed E-state index contributed by atoms with van der Waals surface area (Å²) in [6, 6.07) is 12.6. The number of nitrogens with one attached hydrogen (secondary N) is 3. The first-order valence-electron chi connectivity index (χ1n) is 9.82. The van der Waals surface area contributed by atoms with E-state index >= 15 is 0 Å². The van der Waals surface area contributed by atoms with Gasteiger partial charge in [-0.1, -0.05) is 17.7 Å². The summed E-state index contributed by atoms with van der Waals surface area (Å²) in [6.45, 7) is 7.53. The Labute approximate surface area is 194 Å². The minimum Gasteiger partial charge on any atom is -0.491 e. The predicted octanol–water partition coefficient (Wildman–Crippen LogP) is 5.27. The summed E-state index contributed by atoms with van der Waals surface area (Å²) in [5.74, 6) is -0.0362. The number of urea groups is 1. The number of aromatic nitrogens is 1. The number of halogens is 2. The first-order valence-corrected chi connectivity index (χ1v) is 10.2. The van der Waals surface area contributed by atoms with Crippen LogP contribution < -0.4 is 20.7 Å². The van der Waals surface area contributed by atoms with Crippen molar-refractivity contribution in [3.05, 3.63) is 88.6 Å². The Morgan fingerprint density at radius 2 is 1.88 bits per heavy atom. The molecule has 0 aliphatic carbocycles. The zero-order valence-corrected chi connectivity index (χ0v) is 18.0. The van der Waals surface area contributed by atoms with E-state index in [-0.39, 0.29) is 18.3 Å². The summed E-state index contributed by atoms with van der Waals surface area (Å²) >= 11 is 6.04. The van der Waals surface area contributed by atoms with Crippen molar-refractivity contribution >= 4 is 40.7 Å². The summed E-state index contributed by atoms with van der Waals surface area (Å²) in [7, 11) is 0. The van der Waals surface area contributed by atoms with Crippen LogP contribution in [-0.2, 0) is 0 Å². The number of nitrogens with zero attached hydrogens (tertiary/aromatic N) is 2. The van der Waals surface area contributed by atoms with E-state index < -0.39 is 11.8 Å². The molecule has 0 aliphatic rings. The molecule has 3 aromatic rings. The van der Waals surface area contributed by atoms with Gasteiger partial charge in [0.05, 0.1) is 18.9 Å². The van der Waals surface area contributed by atoms with Crippen LogP contribution in [0.2, 0.25) is 5.02 Å². The number of benzene rings is 2. The number of carbonyl (C=O) groups excluding carboxylic acids is 2. The summed E-state index contributed by atoms with van der Waals surface area (Å²) in [5, 5.41) is 8.35. The second-order valence-corrected chi connectivity index (χ2v) is 7.13. The number of hydrogen-bond donors (Lipinski definition) is 3. The van der Waals surface area contributed by atoms with Gasteiger partial charge in [0.2, 0.25) is 5.69 Å². The standard InChI is InChI=1S/C23H19ClFN5O3/c1-26-18-8-10-21(28-14-18)30-23(32)29-19-13-16(24)5-9-20(19)33-12-2-11-27-22(31)15-3-6-17(25)7-4-15/h3-10,13-14H,2,11-12H2,(H,27,31)(H2,28,29,30,32). The predicted molar refractivity (Wildman–Crippen MR) is 123 cm³/mol. The van der Waals surface area contributed by atoms with Gasteiger partial charge in [-0.05, 0) is 55.0 Å². The number of anilines is 2. The van der Waals surface area contributed by atoms with Gasteiger partial charge < -0.3 is 15.4 Å². The van der Waals surface area contributed by atoms with E-state index in [9.17, 15) is 14.0 Å². The third-order valence-electron chi connectivity index (χ3n) is 4.28. The third kappa shape index (κ3) is 7.19.